The van der Waals surface area contributed by atoms with Crippen LogP contribution < -0.4 is 5.32 Å². The number of aryl methyl sites for hydroxylation is 1. The lowest BCUT2D eigenvalue weighted by atomic mass is 10.3. The van der Waals surface area contributed by atoms with Crippen molar-refractivity contribution in [3.05, 3.63) is 42.1 Å². The third-order valence-corrected chi connectivity index (χ3v) is 4.76. The maximum absolute atomic E-state index is 12.5. The predicted molar refractivity (Wildman–Crippen MR) is 83.7 cm³/mol. The number of benzene rings is 1. The first-order valence-corrected chi connectivity index (χ1v) is 8.71. The molecule has 0 aliphatic rings. The molecule has 0 spiro atoms. The maximum Gasteiger partial charge on any atom is 0.221 e. The van der Waals surface area contributed by atoms with Crippen molar-refractivity contribution >= 4 is 15.7 Å². The number of hydrogen-bond donors (Lipinski definition) is 1. The number of carbonyl (C=O) groups excluding carboxylic acids is 1. The fourth-order valence-electron chi connectivity index (χ4n) is 2.07. The molecule has 1 heterocycles. The number of amides is 1. The highest BCUT2D eigenvalue weighted by molar-refractivity contribution is 7.91. The van der Waals surface area contributed by atoms with Crippen molar-refractivity contribution in [2.75, 3.05) is 12.3 Å². The fourth-order valence-corrected chi connectivity index (χ4v) is 3.49. The molecule has 0 aliphatic heterocycles. The van der Waals surface area contributed by atoms with E-state index in [1.165, 1.54) is 10.7 Å². The van der Waals surface area contributed by atoms with Gasteiger partial charge in [0.15, 0.2) is 14.9 Å². The van der Waals surface area contributed by atoms with Crippen LogP contribution in [0.5, 0.6) is 0 Å². The molecule has 0 atom stereocenters. The van der Waals surface area contributed by atoms with E-state index < -0.39 is 9.84 Å². The number of hydrogen-bond acceptors (Lipinski definition) is 4. The SMILES string of the molecule is CCNC(=O)CCS(=O)(=O)c1cc(C)nn1-c1ccccc1. The Kier molecular flexibility index (Phi) is 4.97. The molecule has 0 fully saturated rings. The molecule has 118 valence electrons. The van der Waals surface area contributed by atoms with Crippen molar-refractivity contribution in [2.24, 2.45) is 0 Å². The van der Waals surface area contributed by atoms with Crippen LogP contribution in [0.3, 0.4) is 0 Å². The van der Waals surface area contributed by atoms with Crippen LogP contribution in [0.2, 0.25) is 0 Å². The number of para-hydroxylation sites is 1. The normalized spacial score (nSPS) is 11.4. The molecule has 6 nitrogen and oxygen atoms in total. The first-order chi connectivity index (χ1) is 10.4. The number of aromatic nitrogens is 2. The molecule has 0 saturated carbocycles. The lowest BCUT2D eigenvalue weighted by molar-refractivity contribution is -0.120. The summed E-state index contributed by atoms with van der Waals surface area (Å²) in [5, 5.41) is 6.95. The molecular formula is C15H19N3O3S. The van der Waals surface area contributed by atoms with E-state index in [9.17, 15) is 13.2 Å². The van der Waals surface area contributed by atoms with Crippen LogP contribution in [0.4, 0.5) is 0 Å². The molecule has 1 amide bonds. The number of nitrogens with zero attached hydrogens (tertiary/aromatic N) is 2. The van der Waals surface area contributed by atoms with Crippen LogP contribution in [-0.2, 0) is 14.6 Å². The summed E-state index contributed by atoms with van der Waals surface area (Å²) in [7, 11) is -3.59. The molecule has 0 bridgehead atoms. The zero-order valence-corrected chi connectivity index (χ0v) is 13.4. The Morgan fingerprint density at radius 2 is 1.95 bits per heavy atom. The second-order valence-corrected chi connectivity index (χ2v) is 6.95. The number of carbonyl (C=O) groups is 1. The summed E-state index contributed by atoms with van der Waals surface area (Å²) < 4.78 is 26.4. The molecule has 2 aromatic rings. The van der Waals surface area contributed by atoms with Gasteiger partial charge in [-0.1, -0.05) is 18.2 Å². The average molecular weight is 321 g/mol. The van der Waals surface area contributed by atoms with Crippen LogP contribution >= 0.6 is 0 Å². The first-order valence-electron chi connectivity index (χ1n) is 7.05. The molecule has 0 unspecified atom stereocenters. The van der Waals surface area contributed by atoms with Gasteiger partial charge in [0.05, 0.1) is 17.1 Å². The monoisotopic (exact) mass is 321 g/mol. The number of rotatable bonds is 6. The van der Waals surface area contributed by atoms with E-state index in [4.69, 9.17) is 0 Å². The molecule has 7 heteroatoms. The predicted octanol–water partition coefficient (Wildman–Crippen LogP) is 1.48. The maximum atomic E-state index is 12.5. The smallest absolute Gasteiger partial charge is 0.221 e. The lowest BCUT2D eigenvalue weighted by Gasteiger charge is -2.08. The lowest BCUT2D eigenvalue weighted by Crippen LogP contribution is -2.25. The number of nitrogens with one attached hydrogen (secondary N) is 1. The highest BCUT2D eigenvalue weighted by Gasteiger charge is 2.22. The van der Waals surface area contributed by atoms with E-state index in [0.717, 1.165) is 0 Å². The Labute approximate surface area is 130 Å². The van der Waals surface area contributed by atoms with Crippen molar-refractivity contribution in [3.8, 4) is 5.69 Å². The third-order valence-electron chi connectivity index (χ3n) is 3.09. The summed E-state index contributed by atoms with van der Waals surface area (Å²) in [6.45, 7) is 4.02. The fraction of sp³-hybridized carbons (Fsp3) is 0.333. The summed E-state index contributed by atoms with van der Waals surface area (Å²) in [5.74, 6) is -0.509. The van der Waals surface area contributed by atoms with E-state index in [2.05, 4.69) is 10.4 Å². The van der Waals surface area contributed by atoms with Crippen LogP contribution in [-0.4, -0.2) is 36.4 Å². The highest BCUT2D eigenvalue weighted by Crippen LogP contribution is 2.18. The zero-order valence-electron chi connectivity index (χ0n) is 12.6. The summed E-state index contributed by atoms with van der Waals surface area (Å²) >= 11 is 0. The van der Waals surface area contributed by atoms with Crippen molar-refractivity contribution in [1.82, 2.24) is 15.1 Å². The van der Waals surface area contributed by atoms with Crippen LogP contribution in [0, 0.1) is 6.92 Å². The van der Waals surface area contributed by atoms with Gasteiger partial charge in [-0.15, -0.1) is 0 Å². The Bertz CT molecular complexity index is 752. The van der Waals surface area contributed by atoms with E-state index in [1.807, 2.05) is 18.2 Å². The average Bonchev–Trinajstić information content (AvgIpc) is 2.90. The molecule has 0 saturated heterocycles. The topological polar surface area (TPSA) is 81.1 Å². The van der Waals surface area contributed by atoms with Crippen LogP contribution in [0.15, 0.2) is 41.4 Å². The van der Waals surface area contributed by atoms with Crippen molar-refractivity contribution in [1.29, 1.82) is 0 Å². The van der Waals surface area contributed by atoms with Gasteiger partial charge >= 0.3 is 0 Å². The number of sulfone groups is 1. The van der Waals surface area contributed by atoms with Crippen molar-refractivity contribution < 1.29 is 13.2 Å². The van der Waals surface area contributed by atoms with Crippen LogP contribution in [0.1, 0.15) is 19.0 Å². The largest absolute Gasteiger partial charge is 0.356 e. The molecule has 1 aromatic carbocycles. The van der Waals surface area contributed by atoms with Crippen molar-refractivity contribution in [2.45, 2.75) is 25.3 Å². The van der Waals surface area contributed by atoms with Gasteiger partial charge in [0.25, 0.3) is 0 Å². The highest BCUT2D eigenvalue weighted by atomic mass is 32.2. The van der Waals surface area contributed by atoms with Gasteiger partial charge in [-0.2, -0.15) is 5.10 Å². The van der Waals surface area contributed by atoms with E-state index >= 15 is 0 Å². The molecular weight excluding hydrogens is 302 g/mol. The van der Waals surface area contributed by atoms with E-state index in [1.54, 1.807) is 26.0 Å². The van der Waals surface area contributed by atoms with Gasteiger partial charge in [0.2, 0.25) is 5.91 Å². The summed E-state index contributed by atoms with van der Waals surface area (Å²) in [5.41, 5.74) is 1.28. The Balaban J connectivity index is 2.30. The molecule has 1 aromatic heterocycles. The second kappa shape index (κ2) is 6.74. The molecule has 0 radical (unpaired) electrons. The Morgan fingerprint density at radius 1 is 1.27 bits per heavy atom. The summed E-state index contributed by atoms with van der Waals surface area (Å²) in [6.07, 6.45) is -0.0603. The van der Waals surface area contributed by atoms with E-state index in [0.29, 0.717) is 17.9 Å². The molecule has 0 aliphatic carbocycles. The van der Waals surface area contributed by atoms with E-state index in [-0.39, 0.29) is 23.1 Å². The Hall–Kier alpha value is -2.15. The third kappa shape index (κ3) is 3.73. The minimum absolute atomic E-state index is 0.0603. The Morgan fingerprint density at radius 3 is 2.59 bits per heavy atom. The van der Waals surface area contributed by atoms with Gasteiger partial charge in [0.1, 0.15) is 0 Å². The minimum atomic E-state index is -3.59. The van der Waals surface area contributed by atoms with Gasteiger partial charge in [-0.05, 0) is 32.0 Å². The van der Waals surface area contributed by atoms with Gasteiger partial charge < -0.3 is 5.32 Å². The van der Waals surface area contributed by atoms with Crippen molar-refractivity contribution in [3.63, 3.8) is 0 Å². The van der Waals surface area contributed by atoms with Gasteiger partial charge in [0, 0.05) is 13.0 Å². The van der Waals surface area contributed by atoms with Gasteiger partial charge in [-0.25, -0.2) is 13.1 Å². The van der Waals surface area contributed by atoms with Gasteiger partial charge in [-0.3, -0.25) is 4.79 Å². The second-order valence-electron chi connectivity index (χ2n) is 4.89. The zero-order chi connectivity index (χ0) is 16.2. The quantitative estimate of drug-likeness (QED) is 0.874. The molecule has 1 N–H and O–H groups in total. The summed E-state index contributed by atoms with van der Waals surface area (Å²) in [6, 6.07) is 10.6. The molecule has 2 rings (SSSR count). The minimum Gasteiger partial charge on any atom is -0.356 e. The first kappa shape index (κ1) is 16.2. The standard InChI is InChI=1S/C15H19N3O3S/c1-3-16-14(19)9-10-22(20,21)15-11-12(2)17-18(15)13-7-5-4-6-8-13/h4-8,11H,3,9-10H2,1-2H3,(H,16,19). The molecule has 22 heavy (non-hydrogen) atoms. The summed E-state index contributed by atoms with van der Waals surface area (Å²) in [4.78, 5) is 11.5. The van der Waals surface area contributed by atoms with Crippen LogP contribution in [0.25, 0.3) is 5.69 Å².